The van der Waals surface area contributed by atoms with E-state index >= 15 is 0 Å². The van der Waals surface area contributed by atoms with Crippen LogP contribution in [0.5, 0.6) is 5.75 Å². The van der Waals surface area contributed by atoms with Gasteiger partial charge in [0.15, 0.2) is 0 Å². The molecule has 0 aromatic heterocycles. The average Bonchev–Trinajstić information content (AvgIpc) is 2.46. The van der Waals surface area contributed by atoms with Crippen LogP contribution in [0.2, 0.25) is 0 Å². The van der Waals surface area contributed by atoms with Crippen LogP contribution in [0.3, 0.4) is 0 Å². The van der Waals surface area contributed by atoms with Crippen molar-refractivity contribution in [1.82, 2.24) is 5.32 Å². The minimum atomic E-state index is 0.399. The first kappa shape index (κ1) is 12.2. The second kappa shape index (κ2) is 5.45. The molecule has 1 heterocycles. The second-order valence-corrected chi connectivity index (χ2v) is 5.17. The van der Waals surface area contributed by atoms with Crippen LogP contribution in [0.1, 0.15) is 16.7 Å². The van der Waals surface area contributed by atoms with E-state index < -0.39 is 0 Å². The van der Waals surface area contributed by atoms with E-state index in [1.807, 2.05) is 12.1 Å². The van der Waals surface area contributed by atoms with E-state index in [1.54, 1.807) is 0 Å². The van der Waals surface area contributed by atoms with Gasteiger partial charge in [0.05, 0.1) is 0 Å². The number of rotatable bonds is 3. The Kier molecular flexibility index (Phi) is 3.51. The molecule has 2 aromatic carbocycles. The summed E-state index contributed by atoms with van der Waals surface area (Å²) in [7, 11) is 0. The zero-order valence-corrected chi connectivity index (χ0v) is 11.2. The van der Waals surface area contributed by atoms with E-state index in [4.69, 9.17) is 4.74 Å². The Labute approximate surface area is 114 Å². The largest absolute Gasteiger partial charge is 0.492 e. The number of nitrogens with one attached hydrogen (secondary N) is 1. The summed E-state index contributed by atoms with van der Waals surface area (Å²) >= 11 is 0. The summed E-state index contributed by atoms with van der Waals surface area (Å²) in [6.45, 7) is 3.75. The number of ether oxygens (including phenoxy) is 1. The maximum Gasteiger partial charge on any atom is 0.119 e. The molecule has 3 rings (SSSR count). The second-order valence-electron chi connectivity index (χ2n) is 5.17. The van der Waals surface area contributed by atoms with Crippen LogP contribution >= 0.6 is 0 Å². The monoisotopic (exact) mass is 253 g/mol. The SMILES string of the molecule is Cc1ccc(OCC2Cc3ccccc3CN2)cc1. The highest BCUT2D eigenvalue weighted by Gasteiger charge is 2.17. The number of fused-ring (bicyclic) bond motifs is 1. The molecule has 0 saturated carbocycles. The lowest BCUT2D eigenvalue weighted by Crippen LogP contribution is -2.39. The molecule has 2 nitrogen and oxygen atoms in total. The Morgan fingerprint density at radius 3 is 2.58 bits per heavy atom. The Balaban J connectivity index is 1.59. The quantitative estimate of drug-likeness (QED) is 0.907. The molecule has 0 fully saturated rings. The van der Waals surface area contributed by atoms with Crippen LogP contribution < -0.4 is 10.1 Å². The number of benzene rings is 2. The van der Waals surface area contributed by atoms with Gasteiger partial charge >= 0.3 is 0 Å². The van der Waals surface area contributed by atoms with Crippen LogP contribution in [-0.2, 0) is 13.0 Å². The van der Waals surface area contributed by atoms with Crippen molar-refractivity contribution in [1.29, 1.82) is 0 Å². The molecule has 1 aliphatic heterocycles. The number of hydrogen-bond donors (Lipinski definition) is 1. The van der Waals surface area contributed by atoms with Gasteiger partial charge in [-0.3, -0.25) is 0 Å². The average molecular weight is 253 g/mol. The van der Waals surface area contributed by atoms with Crippen molar-refractivity contribution in [3.63, 3.8) is 0 Å². The molecule has 1 unspecified atom stereocenters. The molecule has 0 spiro atoms. The molecule has 19 heavy (non-hydrogen) atoms. The van der Waals surface area contributed by atoms with Crippen molar-refractivity contribution in [2.45, 2.75) is 25.9 Å². The molecule has 0 amide bonds. The first-order chi connectivity index (χ1) is 9.31. The van der Waals surface area contributed by atoms with Gasteiger partial charge in [-0.15, -0.1) is 0 Å². The molecule has 98 valence electrons. The minimum Gasteiger partial charge on any atom is -0.492 e. The fraction of sp³-hybridized carbons (Fsp3) is 0.294. The fourth-order valence-corrected chi connectivity index (χ4v) is 2.47. The summed E-state index contributed by atoms with van der Waals surface area (Å²) in [5.41, 5.74) is 4.12. The van der Waals surface area contributed by atoms with Gasteiger partial charge < -0.3 is 10.1 Å². The molecule has 1 atom stereocenters. The van der Waals surface area contributed by atoms with Crippen molar-refractivity contribution in [3.8, 4) is 5.75 Å². The normalized spacial score (nSPS) is 17.8. The van der Waals surface area contributed by atoms with Crippen LogP contribution in [-0.4, -0.2) is 12.6 Å². The summed E-state index contributed by atoms with van der Waals surface area (Å²) < 4.78 is 5.85. The van der Waals surface area contributed by atoms with Gasteiger partial charge in [-0.1, -0.05) is 42.0 Å². The third kappa shape index (κ3) is 2.96. The van der Waals surface area contributed by atoms with E-state index in [2.05, 4.69) is 48.6 Å². The van der Waals surface area contributed by atoms with E-state index in [1.165, 1.54) is 16.7 Å². The zero-order chi connectivity index (χ0) is 13.1. The predicted molar refractivity (Wildman–Crippen MR) is 77.4 cm³/mol. The van der Waals surface area contributed by atoms with Gasteiger partial charge in [-0.25, -0.2) is 0 Å². The molecule has 2 aromatic rings. The van der Waals surface area contributed by atoms with Crippen LogP contribution in [0.15, 0.2) is 48.5 Å². The lowest BCUT2D eigenvalue weighted by Gasteiger charge is -2.26. The van der Waals surface area contributed by atoms with Gasteiger partial charge in [0.2, 0.25) is 0 Å². The Hall–Kier alpha value is -1.80. The first-order valence-corrected chi connectivity index (χ1v) is 6.81. The maximum absolute atomic E-state index is 5.85. The molecule has 2 heteroatoms. The Morgan fingerprint density at radius 2 is 1.79 bits per heavy atom. The molecular formula is C17H19NO. The molecular weight excluding hydrogens is 234 g/mol. The standard InChI is InChI=1S/C17H19NO/c1-13-6-8-17(9-7-13)19-12-16-10-14-4-2-3-5-15(14)11-18-16/h2-9,16,18H,10-12H2,1H3. The summed E-state index contributed by atoms with van der Waals surface area (Å²) in [5, 5.41) is 3.53. The van der Waals surface area contributed by atoms with E-state index in [0.717, 1.165) is 25.3 Å². The molecule has 0 bridgehead atoms. The minimum absolute atomic E-state index is 0.399. The highest BCUT2D eigenvalue weighted by Crippen LogP contribution is 2.17. The maximum atomic E-state index is 5.85. The summed E-state index contributed by atoms with van der Waals surface area (Å²) in [4.78, 5) is 0. The topological polar surface area (TPSA) is 21.3 Å². The van der Waals surface area contributed by atoms with Crippen molar-refractivity contribution >= 4 is 0 Å². The van der Waals surface area contributed by atoms with Gasteiger partial charge in [0.1, 0.15) is 12.4 Å². The van der Waals surface area contributed by atoms with E-state index in [-0.39, 0.29) is 0 Å². The Morgan fingerprint density at radius 1 is 1.05 bits per heavy atom. The Bertz CT molecular complexity index is 547. The van der Waals surface area contributed by atoms with Crippen molar-refractivity contribution < 1.29 is 4.74 Å². The third-order valence-electron chi connectivity index (χ3n) is 3.64. The van der Waals surface area contributed by atoms with Crippen LogP contribution in [0, 0.1) is 6.92 Å². The lowest BCUT2D eigenvalue weighted by atomic mass is 9.96. The predicted octanol–water partition coefficient (Wildman–Crippen LogP) is 3.09. The molecule has 0 saturated heterocycles. The van der Waals surface area contributed by atoms with Gasteiger partial charge in [0.25, 0.3) is 0 Å². The van der Waals surface area contributed by atoms with E-state index in [0.29, 0.717) is 6.04 Å². The van der Waals surface area contributed by atoms with E-state index in [9.17, 15) is 0 Å². The summed E-state index contributed by atoms with van der Waals surface area (Å²) in [5.74, 6) is 0.950. The number of aryl methyl sites for hydroxylation is 1. The van der Waals surface area contributed by atoms with Crippen molar-refractivity contribution in [2.24, 2.45) is 0 Å². The fourth-order valence-electron chi connectivity index (χ4n) is 2.47. The van der Waals surface area contributed by atoms with Crippen LogP contribution in [0.25, 0.3) is 0 Å². The molecule has 1 N–H and O–H groups in total. The number of hydrogen-bond acceptors (Lipinski definition) is 2. The van der Waals surface area contributed by atoms with Crippen molar-refractivity contribution in [2.75, 3.05) is 6.61 Å². The first-order valence-electron chi connectivity index (χ1n) is 6.81. The zero-order valence-electron chi connectivity index (χ0n) is 11.2. The highest BCUT2D eigenvalue weighted by atomic mass is 16.5. The highest BCUT2D eigenvalue weighted by molar-refractivity contribution is 5.30. The smallest absolute Gasteiger partial charge is 0.119 e. The van der Waals surface area contributed by atoms with Gasteiger partial charge in [-0.05, 0) is 36.6 Å². The lowest BCUT2D eigenvalue weighted by molar-refractivity contribution is 0.256. The van der Waals surface area contributed by atoms with Gasteiger partial charge in [0, 0.05) is 12.6 Å². The molecule has 0 radical (unpaired) electrons. The molecule has 1 aliphatic rings. The third-order valence-corrected chi connectivity index (χ3v) is 3.64. The summed E-state index contributed by atoms with van der Waals surface area (Å²) in [6.07, 6.45) is 1.04. The van der Waals surface area contributed by atoms with Crippen molar-refractivity contribution in [3.05, 3.63) is 65.2 Å². The van der Waals surface area contributed by atoms with Gasteiger partial charge in [-0.2, -0.15) is 0 Å². The van der Waals surface area contributed by atoms with Crippen LogP contribution in [0.4, 0.5) is 0 Å². The molecule has 0 aliphatic carbocycles. The summed E-state index contributed by atoms with van der Waals surface area (Å²) in [6, 6.07) is 17.3.